The van der Waals surface area contributed by atoms with Crippen LogP contribution in [-0.4, -0.2) is 29.6 Å². The highest BCUT2D eigenvalue weighted by molar-refractivity contribution is 6.17. The Labute approximate surface area is 105 Å². The second-order valence-electron chi connectivity index (χ2n) is 3.48. The molecule has 1 heterocycles. The summed E-state index contributed by atoms with van der Waals surface area (Å²) >= 11 is 5.60. The second-order valence-corrected chi connectivity index (χ2v) is 3.85. The van der Waals surface area contributed by atoms with E-state index in [4.69, 9.17) is 21.1 Å². The number of hydrogen-bond acceptors (Lipinski definition) is 4. The molecule has 0 saturated heterocycles. The van der Waals surface area contributed by atoms with Crippen LogP contribution < -0.4 is 9.47 Å². The summed E-state index contributed by atoms with van der Waals surface area (Å²) in [5.41, 5.74) is 0.835. The molecule has 0 bridgehead atoms. The van der Waals surface area contributed by atoms with Crippen LogP contribution in [0.4, 0.5) is 0 Å². The van der Waals surface area contributed by atoms with Crippen molar-refractivity contribution in [3.05, 3.63) is 24.7 Å². The number of ether oxygens (including phenoxy) is 2. The summed E-state index contributed by atoms with van der Waals surface area (Å²) in [6.07, 6.45) is 4.05. The molecular formula is C12H13ClN2O2. The van der Waals surface area contributed by atoms with Gasteiger partial charge in [-0.15, -0.1) is 11.6 Å². The lowest BCUT2D eigenvalue weighted by Crippen LogP contribution is -2.00. The van der Waals surface area contributed by atoms with Gasteiger partial charge in [0.1, 0.15) is 6.33 Å². The molecule has 0 aliphatic heterocycles. The molecule has 0 fully saturated rings. The lowest BCUT2D eigenvalue weighted by molar-refractivity contribution is 0.295. The summed E-state index contributed by atoms with van der Waals surface area (Å²) in [5, 5.41) is 0.925. The molecule has 0 aliphatic carbocycles. The minimum atomic E-state index is 0.566. The van der Waals surface area contributed by atoms with E-state index in [1.165, 1.54) is 6.33 Å². The summed E-state index contributed by atoms with van der Waals surface area (Å²) < 4.78 is 10.9. The van der Waals surface area contributed by atoms with Crippen molar-refractivity contribution in [2.45, 2.75) is 6.42 Å². The number of benzene rings is 1. The predicted molar refractivity (Wildman–Crippen MR) is 66.9 cm³/mol. The van der Waals surface area contributed by atoms with E-state index in [9.17, 15) is 0 Å². The number of fused-ring (bicyclic) bond motifs is 1. The summed E-state index contributed by atoms with van der Waals surface area (Å²) in [6.45, 7) is 0.566. The fourth-order valence-electron chi connectivity index (χ4n) is 1.50. The molecule has 0 atom stereocenters. The van der Waals surface area contributed by atoms with E-state index in [0.29, 0.717) is 24.0 Å². The van der Waals surface area contributed by atoms with Crippen LogP contribution in [0.15, 0.2) is 24.7 Å². The minimum absolute atomic E-state index is 0.566. The Balaban J connectivity index is 2.32. The first-order valence-corrected chi connectivity index (χ1v) is 5.85. The van der Waals surface area contributed by atoms with Gasteiger partial charge in [0, 0.05) is 23.5 Å². The number of halogens is 1. The van der Waals surface area contributed by atoms with Gasteiger partial charge in [0.25, 0.3) is 0 Å². The van der Waals surface area contributed by atoms with Gasteiger partial charge < -0.3 is 9.47 Å². The largest absolute Gasteiger partial charge is 0.493 e. The summed E-state index contributed by atoms with van der Waals surface area (Å²) in [7, 11) is 1.61. The van der Waals surface area contributed by atoms with Gasteiger partial charge in [-0.1, -0.05) is 0 Å². The normalized spacial score (nSPS) is 10.5. The van der Waals surface area contributed by atoms with Crippen LogP contribution in [-0.2, 0) is 0 Å². The van der Waals surface area contributed by atoms with E-state index >= 15 is 0 Å². The Morgan fingerprint density at radius 2 is 2.18 bits per heavy atom. The van der Waals surface area contributed by atoms with E-state index in [1.54, 1.807) is 13.3 Å². The van der Waals surface area contributed by atoms with Crippen molar-refractivity contribution in [2.75, 3.05) is 19.6 Å². The Bertz CT molecular complexity index is 505. The zero-order valence-electron chi connectivity index (χ0n) is 9.52. The topological polar surface area (TPSA) is 44.2 Å². The molecule has 1 aromatic heterocycles. The average molecular weight is 253 g/mol. The minimum Gasteiger partial charge on any atom is -0.493 e. The van der Waals surface area contributed by atoms with Crippen molar-refractivity contribution in [1.82, 2.24) is 9.97 Å². The van der Waals surface area contributed by atoms with Crippen molar-refractivity contribution in [3.8, 4) is 11.5 Å². The van der Waals surface area contributed by atoms with Crippen LogP contribution in [0.3, 0.4) is 0 Å². The van der Waals surface area contributed by atoms with Crippen molar-refractivity contribution >= 4 is 22.5 Å². The number of methoxy groups -OCH3 is 1. The third kappa shape index (κ3) is 2.77. The van der Waals surface area contributed by atoms with Crippen LogP contribution in [0, 0.1) is 0 Å². The summed E-state index contributed by atoms with van der Waals surface area (Å²) in [4.78, 5) is 8.14. The lowest BCUT2D eigenvalue weighted by Gasteiger charge is -2.10. The second kappa shape index (κ2) is 5.68. The number of alkyl halides is 1. The number of nitrogens with zero attached hydrogens (tertiary/aromatic N) is 2. The molecule has 2 rings (SSSR count). The molecule has 0 saturated carbocycles. The zero-order valence-corrected chi connectivity index (χ0v) is 10.3. The Hall–Kier alpha value is -1.55. The fourth-order valence-corrected chi connectivity index (χ4v) is 1.61. The monoisotopic (exact) mass is 252 g/mol. The first-order chi connectivity index (χ1) is 8.35. The van der Waals surface area contributed by atoms with Gasteiger partial charge in [0.2, 0.25) is 0 Å². The molecule has 0 unspecified atom stereocenters. The molecule has 5 heteroatoms. The molecule has 4 nitrogen and oxygen atoms in total. The molecule has 0 radical (unpaired) electrons. The van der Waals surface area contributed by atoms with E-state index in [1.807, 2.05) is 12.1 Å². The maximum absolute atomic E-state index is 5.61. The van der Waals surface area contributed by atoms with Gasteiger partial charge in [0.05, 0.1) is 19.2 Å². The highest BCUT2D eigenvalue weighted by atomic mass is 35.5. The maximum atomic E-state index is 5.61. The third-order valence-corrected chi connectivity index (χ3v) is 2.59. The molecule has 90 valence electrons. The molecule has 0 amide bonds. The smallest absolute Gasteiger partial charge is 0.163 e. The number of aromatic nitrogens is 2. The molecule has 17 heavy (non-hydrogen) atoms. The van der Waals surface area contributed by atoms with Gasteiger partial charge in [-0.2, -0.15) is 0 Å². The van der Waals surface area contributed by atoms with E-state index in [-0.39, 0.29) is 0 Å². The predicted octanol–water partition coefficient (Wildman–Crippen LogP) is 2.65. The van der Waals surface area contributed by atoms with Gasteiger partial charge in [-0.25, -0.2) is 9.97 Å². The van der Waals surface area contributed by atoms with Crippen molar-refractivity contribution in [1.29, 1.82) is 0 Å². The third-order valence-electron chi connectivity index (χ3n) is 2.33. The standard InChI is InChI=1S/C12H13ClN2O2/c1-16-11-5-9-7-14-8-15-10(9)6-12(11)17-4-2-3-13/h5-8H,2-4H2,1H3. The average Bonchev–Trinajstić information content (AvgIpc) is 2.38. The fraction of sp³-hybridized carbons (Fsp3) is 0.333. The number of hydrogen-bond donors (Lipinski definition) is 0. The Morgan fingerprint density at radius 1 is 1.29 bits per heavy atom. The lowest BCUT2D eigenvalue weighted by atomic mass is 10.2. The van der Waals surface area contributed by atoms with Crippen LogP contribution >= 0.6 is 11.6 Å². The first kappa shape index (κ1) is 11.9. The zero-order chi connectivity index (χ0) is 12.1. The molecule has 0 N–H and O–H groups in total. The molecular weight excluding hydrogens is 240 g/mol. The van der Waals surface area contributed by atoms with Gasteiger partial charge in [-0.3, -0.25) is 0 Å². The summed E-state index contributed by atoms with van der Waals surface area (Å²) in [5.74, 6) is 1.95. The van der Waals surface area contributed by atoms with Crippen molar-refractivity contribution < 1.29 is 9.47 Å². The molecule has 0 spiro atoms. The van der Waals surface area contributed by atoms with E-state index in [2.05, 4.69) is 9.97 Å². The van der Waals surface area contributed by atoms with Gasteiger partial charge in [-0.05, 0) is 12.5 Å². The quantitative estimate of drug-likeness (QED) is 0.606. The van der Waals surface area contributed by atoms with Crippen molar-refractivity contribution in [2.24, 2.45) is 0 Å². The molecule has 2 aromatic rings. The van der Waals surface area contributed by atoms with Crippen molar-refractivity contribution in [3.63, 3.8) is 0 Å². The Kier molecular flexibility index (Phi) is 3.98. The van der Waals surface area contributed by atoms with Gasteiger partial charge >= 0.3 is 0 Å². The molecule has 0 aliphatic rings. The highest BCUT2D eigenvalue weighted by Crippen LogP contribution is 2.31. The highest BCUT2D eigenvalue weighted by Gasteiger charge is 2.07. The number of rotatable bonds is 5. The van der Waals surface area contributed by atoms with E-state index < -0.39 is 0 Å². The van der Waals surface area contributed by atoms with Crippen LogP contribution in [0.5, 0.6) is 11.5 Å². The van der Waals surface area contributed by atoms with E-state index in [0.717, 1.165) is 17.3 Å². The van der Waals surface area contributed by atoms with Crippen LogP contribution in [0.25, 0.3) is 10.9 Å². The molecule has 1 aromatic carbocycles. The summed E-state index contributed by atoms with van der Waals surface area (Å²) in [6, 6.07) is 3.72. The first-order valence-electron chi connectivity index (χ1n) is 5.31. The SMILES string of the molecule is COc1cc2cncnc2cc1OCCCCl. The Morgan fingerprint density at radius 3 is 2.94 bits per heavy atom. The van der Waals surface area contributed by atoms with Crippen LogP contribution in [0.1, 0.15) is 6.42 Å². The van der Waals surface area contributed by atoms with Crippen LogP contribution in [0.2, 0.25) is 0 Å². The maximum Gasteiger partial charge on any atom is 0.163 e. The van der Waals surface area contributed by atoms with Gasteiger partial charge in [0.15, 0.2) is 11.5 Å².